The third-order valence-electron chi connectivity index (χ3n) is 3.54. The quantitative estimate of drug-likeness (QED) is 0.780. The Labute approximate surface area is 117 Å². The first kappa shape index (κ1) is 13.1. The summed E-state index contributed by atoms with van der Waals surface area (Å²) in [7, 11) is 0. The van der Waals surface area contributed by atoms with Gasteiger partial charge < -0.3 is 20.7 Å². The van der Waals surface area contributed by atoms with Crippen molar-refractivity contribution >= 4 is 0 Å². The fourth-order valence-electron chi connectivity index (χ4n) is 2.41. The number of nitrogens with one attached hydrogen (secondary N) is 1. The fourth-order valence-corrected chi connectivity index (χ4v) is 2.41. The number of nitrogens with zero attached hydrogens (tertiary/aromatic N) is 2. The molecule has 2 heterocycles. The Morgan fingerprint density at radius 2 is 2.20 bits per heavy atom. The van der Waals surface area contributed by atoms with E-state index < -0.39 is 0 Å². The third-order valence-corrected chi connectivity index (χ3v) is 3.54. The Hall–Kier alpha value is -1.92. The van der Waals surface area contributed by atoms with E-state index in [1.807, 2.05) is 12.1 Å². The lowest BCUT2D eigenvalue weighted by molar-refractivity contribution is 0.339. The molecule has 1 fully saturated rings. The van der Waals surface area contributed by atoms with Gasteiger partial charge in [-0.3, -0.25) is 0 Å². The predicted octanol–water partition coefficient (Wildman–Crippen LogP) is 1.44. The van der Waals surface area contributed by atoms with Crippen LogP contribution in [0.3, 0.4) is 0 Å². The molecule has 6 nitrogen and oxygen atoms in total. The van der Waals surface area contributed by atoms with Gasteiger partial charge >= 0.3 is 0 Å². The van der Waals surface area contributed by atoms with Crippen LogP contribution in [-0.2, 0) is 6.42 Å². The highest BCUT2D eigenvalue weighted by atomic mass is 16.5. The van der Waals surface area contributed by atoms with E-state index in [1.165, 1.54) is 0 Å². The van der Waals surface area contributed by atoms with Crippen molar-refractivity contribution < 1.29 is 9.63 Å². The van der Waals surface area contributed by atoms with Gasteiger partial charge in [0.25, 0.3) is 0 Å². The molecule has 0 radical (unpaired) electrons. The summed E-state index contributed by atoms with van der Waals surface area (Å²) in [6.07, 6.45) is 2.76. The first-order valence-electron chi connectivity index (χ1n) is 6.83. The molecule has 1 aliphatic heterocycles. The van der Waals surface area contributed by atoms with Crippen LogP contribution >= 0.6 is 0 Å². The summed E-state index contributed by atoms with van der Waals surface area (Å²) in [5.41, 5.74) is 7.14. The van der Waals surface area contributed by atoms with Gasteiger partial charge in [0, 0.05) is 0 Å². The molecule has 1 aromatic carbocycles. The number of hydrogen-bond acceptors (Lipinski definition) is 6. The summed E-state index contributed by atoms with van der Waals surface area (Å²) in [6.45, 7) is 0.988. The van der Waals surface area contributed by atoms with Crippen molar-refractivity contribution in [1.82, 2.24) is 15.5 Å². The third kappa shape index (κ3) is 2.81. The van der Waals surface area contributed by atoms with Gasteiger partial charge in [-0.2, -0.15) is 4.98 Å². The summed E-state index contributed by atoms with van der Waals surface area (Å²) >= 11 is 0. The smallest absolute Gasteiger partial charge is 0.243 e. The van der Waals surface area contributed by atoms with Gasteiger partial charge in [0.05, 0.1) is 12.1 Å². The van der Waals surface area contributed by atoms with Crippen molar-refractivity contribution in [3.63, 3.8) is 0 Å². The number of hydrogen-bond donors (Lipinski definition) is 3. The lowest BCUT2D eigenvalue weighted by atomic mass is 10.1. The minimum Gasteiger partial charge on any atom is -0.508 e. The molecule has 1 saturated heterocycles. The van der Waals surface area contributed by atoms with Crippen molar-refractivity contribution in [3.05, 3.63) is 41.5 Å². The largest absolute Gasteiger partial charge is 0.508 e. The van der Waals surface area contributed by atoms with Crippen LogP contribution in [0.15, 0.2) is 28.8 Å². The van der Waals surface area contributed by atoms with Gasteiger partial charge in [-0.25, -0.2) is 0 Å². The molecular weight excluding hydrogens is 256 g/mol. The molecule has 2 atom stereocenters. The van der Waals surface area contributed by atoms with Crippen molar-refractivity contribution in [1.29, 1.82) is 0 Å². The summed E-state index contributed by atoms with van der Waals surface area (Å²) in [6, 6.07) is 6.83. The summed E-state index contributed by atoms with van der Waals surface area (Å²) in [5.74, 6) is 1.40. The van der Waals surface area contributed by atoms with Crippen molar-refractivity contribution in [3.8, 4) is 5.75 Å². The van der Waals surface area contributed by atoms with Gasteiger partial charge in [-0.05, 0) is 43.5 Å². The number of rotatable bonds is 4. The van der Waals surface area contributed by atoms with E-state index in [1.54, 1.807) is 12.1 Å². The Morgan fingerprint density at radius 3 is 2.90 bits per heavy atom. The zero-order valence-corrected chi connectivity index (χ0v) is 11.1. The van der Waals surface area contributed by atoms with Gasteiger partial charge in [-0.1, -0.05) is 17.3 Å². The normalized spacial score (nSPS) is 20.1. The summed E-state index contributed by atoms with van der Waals surface area (Å²) in [5, 5.41) is 16.5. The van der Waals surface area contributed by atoms with Crippen LogP contribution in [0.25, 0.3) is 0 Å². The molecule has 3 rings (SSSR count). The molecule has 2 aromatic rings. The zero-order valence-electron chi connectivity index (χ0n) is 11.1. The van der Waals surface area contributed by atoms with Crippen LogP contribution in [0.4, 0.5) is 0 Å². The highest BCUT2D eigenvalue weighted by molar-refractivity contribution is 5.26. The Bertz CT molecular complexity index is 561. The molecule has 0 spiro atoms. The fraction of sp³-hybridized carbons (Fsp3) is 0.429. The minimum absolute atomic E-state index is 0.164. The Kier molecular flexibility index (Phi) is 3.66. The maximum absolute atomic E-state index is 9.25. The van der Waals surface area contributed by atoms with Gasteiger partial charge in [0.1, 0.15) is 5.75 Å². The average molecular weight is 274 g/mol. The van der Waals surface area contributed by atoms with E-state index in [0.717, 1.165) is 24.9 Å². The number of aromatic nitrogens is 2. The second kappa shape index (κ2) is 5.60. The summed E-state index contributed by atoms with van der Waals surface area (Å²) < 4.78 is 5.28. The molecule has 0 saturated carbocycles. The van der Waals surface area contributed by atoms with Crippen LogP contribution in [0.2, 0.25) is 0 Å². The van der Waals surface area contributed by atoms with E-state index in [4.69, 9.17) is 10.3 Å². The molecule has 1 unspecified atom stereocenters. The van der Waals surface area contributed by atoms with Crippen molar-refractivity contribution in [2.24, 2.45) is 5.73 Å². The van der Waals surface area contributed by atoms with Crippen LogP contribution in [0.5, 0.6) is 5.75 Å². The minimum atomic E-state index is -0.307. The molecule has 106 valence electrons. The van der Waals surface area contributed by atoms with Gasteiger partial charge in [-0.15, -0.1) is 0 Å². The van der Waals surface area contributed by atoms with Crippen LogP contribution < -0.4 is 11.1 Å². The van der Waals surface area contributed by atoms with E-state index in [-0.39, 0.29) is 17.8 Å². The molecule has 0 amide bonds. The molecule has 4 N–H and O–H groups in total. The number of nitrogens with two attached hydrogens (primary N) is 1. The van der Waals surface area contributed by atoms with Gasteiger partial charge in [0.2, 0.25) is 5.89 Å². The van der Waals surface area contributed by atoms with Crippen LogP contribution in [0, 0.1) is 0 Å². The molecule has 0 bridgehead atoms. The maximum atomic E-state index is 9.25. The molecule has 1 aliphatic rings. The highest BCUT2D eigenvalue weighted by Crippen LogP contribution is 2.23. The van der Waals surface area contributed by atoms with E-state index in [0.29, 0.717) is 18.1 Å². The SMILES string of the molecule is NC(Cc1ccc(O)cc1)c1noc([C@@H]2CCCN2)n1. The lowest BCUT2D eigenvalue weighted by Gasteiger charge is -2.07. The van der Waals surface area contributed by atoms with Crippen molar-refractivity contribution in [2.75, 3.05) is 6.54 Å². The number of aromatic hydroxyl groups is 1. The monoisotopic (exact) mass is 274 g/mol. The summed E-state index contributed by atoms with van der Waals surface area (Å²) in [4.78, 5) is 4.39. The first-order valence-corrected chi connectivity index (χ1v) is 6.83. The molecule has 1 aromatic heterocycles. The van der Waals surface area contributed by atoms with Gasteiger partial charge in [0.15, 0.2) is 5.82 Å². The topological polar surface area (TPSA) is 97.2 Å². The molecular formula is C14H18N4O2. The molecule has 0 aliphatic carbocycles. The molecule has 20 heavy (non-hydrogen) atoms. The highest BCUT2D eigenvalue weighted by Gasteiger charge is 2.24. The Balaban J connectivity index is 1.67. The molecule has 6 heteroatoms. The second-order valence-electron chi connectivity index (χ2n) is 5.12. The second-order valence-corrected chi connectivity index (χ2v) is 5.12. The average Bonchev–Trinajstić information content (AvgIpc) is 3.11. The first-order chi connectivity index (χ1) is 9.72. The van der Waals surface area contributed by atoms with E-state index in [9.17, 15) is 5.11 Å². The Morgan fingerprint density at radius 1 is 1.40 bits per heavy atom. The zero-order chi connectivity index (χ0) is 13.9. The van der Waals surface area contributed by atoms with Crippen LogP contribution in [-0.4, -0.2) is 21.8 Å². The number of benzene rings is 1. The standard InChI is InChI=1S/C14H18N4O2/c15-11(8-9-3-5-10(19)6-4-9)13-17-14(20-18-13)12-2-1-7-16-12/h3-6,11-12,16,19H,1-2,7-8,15H2/t11?,12-/m0/s1. The van der Waals surface area contributed by atoms with E-state index >= 15 is 0 Å². The maximum Gasteiger partial charge on any atom is 0.243 e. The lowest BCUT2D eigenvalue weighted by Crippen LogP contribution is -2.16. The van der Waals surface area contributed by atoms with Crippen molar-refractivity contribution in [2.45, 2.75) is 31.3 Å². The number of phenols is 1. The van der Waals surface area contributed by atoms with E-state index in [2.05, 4.69) is 15.5 Å². The predicted molar refractivity (Wildman–Crippen MR) is 73.0 cm³/mol. The number of phenolic OH excluding ortho intramolecular Hbond substituents is 1. The van der Waals surface area contributed by atoms with Crippen LogP contribution in [0.1, 0.15) is 42.2 Å².